The number of nitrogens with two attached hydrogens (primary N) is 1. The number of likely N-dealkylation sites (N-methyl/N-ethyl adjacent to an activating group) is 1. The second-order valence-electron chi connectivity index (χ2n) is 12.2. The number of hydrogen-bond acceptors (Lipinski definition) is 13. The molecule has 46 heavy (non-hydrogen) atoms. The van der Waals surface area contributed by atoms with Crippen LogP contribution in [0.1, 0.15) is 28.8 Å². The zero-order valence-corrected chi connectivity index (χ0v) is 25.3. The molecule has 3 aliphatic carbocycles. The van der Waals surface area contributed by atoms with Crippen molar-refractivity contribution in [1.82, 2.24) is 9.88 Å². The van der Waals surface area contributed by atoms with E-state index in [1.807, 2.05) is 0 Å². The van der Waals surface area contributed by atoms with Gasteiger partial charge < -0.3 is 35.5 Å². The largest absolute Gasteiger partial charge is 0.505 e. The molecule has 2 saturated carbocycles. The molecular weight excluding hydrogens is 600 g/mol. The Labute approximate surface area is 262 Å². The van der Waals surface area contributed by atoms with Gasteiger partial charge >= 0.3 is 0 Å². The first-order chi connectivity index (χ1) is 21.7. The highest BCUT2D eigenvalue weighted by atomic mass is 16.5. The normalized spacial score (nSPS) is 30.5. The lowest BCUT2D eigenvalue weighted by atomic mass is 9.49. The number of nitrogens with one attached hydrogen (secondary N) is 1. The zero-order chi connectivity index (χ0) is 33.4. The first-order valence-corrected chi connectivity index (χ1v) is 14.5. The SMILES string of the molecule is COc1ccc(-c2cnc(Nc3ccc4c(c3O)C(=O)C3C(=O)[C@@]5(O)C(=O)C(C(N)=O)C(=O)[C@H](N(C)C)[C@H]5[C@H](O)[C@H]3[C@@H]4C)o2)cc1. The molecule has 2 unspecified atom stereocenters. The molecule has 1 amide bonds. The van der Waals surface area contributed by atoms with Crippen LogP contribution < -0.4 is 15.8 Å². The van der Waals surface area contributed by atoms with Crippen molar-refractivity contribution in [2.45, 2.75) is 30.6 Å². The summed E-state index contributed by atoms with van der Waals surface area (Å²) in [6.07, 6.45) is -0.249. The van der Waals surface area contributed by atoms with Crippen LogP contribution >= 0.6 is 0 Å². The van der Waals surface area contributed by atoms with Crippen LogP contribution in [0.3, 0.4) is 0 Å². The molecule has 14 heteroatoms. The molecule has 6 N–H and O–H groups in total. The van der Waals surface area contributed by atoms with E-state index in [2.05, 4.69) is 10.3 Å². The number of ketones is 4. The highest BCUT2D eigenvalue weighted by Gasteiger charge is 2.72. The summed E-state index contributed by atoms with van der Waals surface area (Å²) in [7, 11) is 4.42. The molecule has 1 aromatic heterocycles. The molecule has 3 aromatic rings. The van der Waals surface area contributed by atoms with Crippen LogP contribution in [0.5, 0.6) is 11.5 Å². The lowest BCUT2D eigenvalue weighted by Gasteiger charge is -2.56. The zero-order valence-electron chi connectivity index (χ0n) is 25.3. The number of benzene rings is 2. The summed E-state index contributed by atoms with van der Waals surface area (Å²) < 4.78 is 10.9. The number of aromatic hydroxyl groups is 1. The fraction of sp³-hybridized carbons (Fsp3) is 0.375. The van der Waals surface area contributed by atoms with Gasteiger partial charge in [0.25, 0.3) is 6.01 Å². The molecule has 0 radical (unpaired) electrons. The van der Waals surface area contributed by atoms with E-state index >= 15 is 0 Å². The van der Waals surface area contributed by atoms with Gasteiger partial charge in [-0.3, -0.25) is 28.9 Å². The Morgan fingerprint density at radius 3 is 2.37 bits per heavy atom. The van der Waals surface area contributed by atoms with Gasteiger partial charge in [-0.05, 0) is 55.9 Å². The third kappa shape index (κ3) is 4.28. The predicted octanol–water partition coefficient (Wildman–Crippen LogP) is 0.806. The lowest BCUT2D eigenvalue weighted by Crippen LogP contribution is -2.77. The molecule has 0 saturated heterocycles. The van der Waals surface area contributed by atoms with Gasteiger partial charge in [0.05, 0.1) is 48.5 Å². The molecule has 0 bridgehead atoms. The number of phenols is 1. The van der Waals surface area contributed by atoms with Crippen LogP contribution in [0.15, 0.2) is 47.0 Å². The van der Waals surface area contributed by atoms with Crippen molar-refractivity contribution < 1.29 is 48.4 Å². The quantitative estimate of drug-likeness (QED) is 0.188. The highest BCUT2D eigenvalue weighted by molar-refractivity contribution is 6.32. The van der Waals surface area contributed by atoms with Crippen molar-refractivity contribution in [3.63, 3.8) is 0 Å². The second-order valence-corrected chi connectivity index (χ2v) is 12.2. The molecular formula is C32H32N4O10. The number of fused-ring (bicyclic) bond motifs is 3. The fourth-order valence-electron chi connectivity index (χ4n) is 7.43. The minimum atomic E-state index is -3.07. The molecule has 8 atom stereocenters. The van der Waals surface area contributed by atoms with Gasteiger partial charge in [0.2, 0.25) is 5.91 Å². The highest BCUT2D eigenvalue weighted by Crippen LogP contribution is 2.55. The Morgan fingerprint density at radius 2 is 1.76 bits per heavy atom. The van der Waals surface area contributed by atoms with Crippen molar-refractivity contribution in [3.05, 3.63) is 53.7 Å². The van der Waals surface area contributed by atoms with Gasteiger partial charge in [0.15, 0.2) is 40.4 Å². The average Bonchev–Trinajstić information content (AvgIpc) is 3.48. The van der Waals surface area contributed by atoms with E-state index in [0.29, 0.717) is 22.6 Å². The molecule has 2 fully saturated rings. The molecule has 2 aromatic carbocycles. The van der Waals surface area contributed by atoms with Crippen molar-refractivity contribution in [2.75, 3.05) is 26.5 Å². The number of rotatable bonds is 6. The number of Topliss-reactive ketones (excluding diaryl/α,β-unsaturated/α-hetero) is 4. The average molecular weight is 633 g/mol. The number of aliphatic hydroxyl groups is 2. The first kappa shape index (κ1) is 31.1. The van der Waals surface area contributed by atoms with Gasteiger partial charge in [0, 0.05) is 11.5 Å². The van der Waals surface area contributed by atoms with Crippen molar-refractivity contribution >= 4 is 40.7 Å². The Balaban J connectivity index is 1.38. The maximum absolute atomic E-state index is 14.1. The second kappa shape index (κ2) is 10.9. The molecule has 6 rings (SSSR count). The van der Waals surface area contributed by atoms with E-state index in [1.54, 1.807) is 44.4 Å². The first-order valence-electron chi connectivity index (χ1n) is 14.5. The van der Waals surface area contributed by atoms with Crippen LogP contribution in [0.25, 0.3) is 11.3 Å². The smallest absolute Gasteiger partial charge is 0.299 e. The number of methoxy groups -OCH3 is 1. The van der Waals surface area contributed by atoms with E-state index in [1.165, 1.54) is 31.3 Å². The van der Waals surface area contributed by atoms with Gasteiger partial charge in [-0.1, -0.05) is 13.0 Å². The minimum Gasteiger partial charge on any atom is -0.505 e. The van der Waals surface area contributed by atoms with E-state index in [-0.39, 0.29) is 17.3 Å². The third-order valence-electron chi connectivity index (χ3n) is 9.61. The monoisotopic (exact) mass is 632 g/mol. The summed E-state index contributed by atoms with van der Waals surface area (Å²) in [5.74, 6) is -13.0. The summed E-state index contributed by atoms with van der Waals surface area (Å²) in [4.78, 5) is 72.7. The summed E-state index contributed by atoms with van der Waals surface area (Å²) in [5.41, 5.74) is 3.05. The number of aromatic nitrogens is 1. The van der Waals surface area contributed by atoms with E-state index < -0.39 is 82.1 Å². The number of carbonyl (C=O) groups excluding carboxylic acids is 5. The van der Waals surface area contributed by atoms with E-state index in [0.717, 1.165) is 0 Å². The number of hydrogen-bond donors (Lipinski definition) is 5. The minimum absolute atomic E-state index is 0.0127. The number of phenolic OH excluding ortho intramolecular Hbond substituents is 1. The van der Waals surface area contributed by atoms with Crippen molar-refractivity contribution in [2.24, 2.45) is 29.4 Å². The van der Waals surface area contributed by atoms with Crippen LogP contribution in [-0.4, -0.2) is 93.2 Å². The number of aliphatic hydroxyl groups excluding tert-OH is 1. The standard InChI is InChI=1S/C32H32N4O10/c1-12-15-9-10-16(35-31-34-11-17(46-31)13-5-7-14(45-4)8-6-13)24(37)19(15)25(38)20-18(12)26(39)22-23(36(2)3)27(40)21(30(33)43)29(42)32(22,44)28(20)41/h5-12,18,20-23,26,37,39,44H,1-4H3,(H2,33,43)(H,34,35)/t12-,18+,20?,21?,22+,23-,26-,32-/m1/s1. The molecule has 3 aliphatic rings. The number of amides is 1. The van der Waals surface area contributed by atoms with Crippen LogP contribution in [-0.2, 0) is 19.2 Å². The van der Waals surface area contributed by atoms with E-state index in [9.17, 15) is 39.3 Å². The number of oxazole rings is 1. The maximum Gasteiger partial charge on any atom is 0.299 e. The molecule has 0 aliphatic heterocycles. The predicted molar refractivity (Wildman–Crippen MR) is 159 cm³/mol. The molecule has 1 heterocycles. The van der Waals surface area contributed by atoms with Crippen LogP contribution in [0.4, 0.5) is 11.7 Å². The summed E-state index contributed by atoms with van der Waals surface area (Å²) in [6, 6.07) is 8.61. The molecule has 14 nitrogen and oxygen atoms in total. The number of anilines is 2. The van der Waals surface area contributed by atoms with E-state index in [4.69, 9.17) is 14.9 Å². The molecule has 240 valence electrons. The molecule has 0 spiro atoms. The van der Waals surface area contributed by atoms with Crippen molar-refractivity contribution in [1.29, 1.82) is 0 Å². The summed E-state index contributed by atoms with van der Waals surface area (Å²) >= 11 is 0. The lowest BCUT2D eigenvalue weighted by molar-refractivity contribution is -0.196. The Hall–Kier alpha value is -4.92. The number of primary amides is 1. The van der Waals surface area contributed by atoms with Crippen molar-refractivity contribution in [3.8, 4) is 22.8 Å². The maximum atomic E-state index is 14.1. The Bertz CT molecular complexity index is 1800. The fourth-order valence-corrected chi connectivity index (χ4v) is 7.43. The number of carbonyl (C=O) groups is 5. The van der Waals surface area contributed by atoms with Gasteiger partial charge in [0.1, 0.15) is 11.5 Å². The van der Waals surface area contributed by atoms with Crippen LogP contribution in [0, 0.1) is 23.7 Å². The van der Waals surface area contributed by atoms with Gasteiger partial charge in [-0.25, -0.2) is 4.98 Å². The number of ether oxygens (including phenoxy) is 1. The van der Waals surface area contributed by atoms with Gasteiger partial charge in [-0.2, -0.15) is 0 Å². The van der Waals surface area contributed by atoms with Gasteiger partial charge in [-0.15, -0.1) is 0 Å². The number of nitrogens with zero attached hydrogens (tertiary/aromatic N) is 2. The summed E-state index contributed by atoms with van der Waals surface area (Å²) in [6.45, 7) is 1.63. The summed E-state index contributed by atoms with van der Waals surface area (Å²) in [5, 5.41) is 37.7. The topological polar surface area (TPSA) is 223 Å². The van der Waals surface area contributed by atoms with Crippen LogP contribution in [0.2, 0.25) is 0 Å². The third-order valence-corrected chi connectivity index (χ3v) is 9.61. The Kier molecular flexibility index (Phi) is 7.34. The Morgan fingerprint density at radius 1 is 1.09 bits per heavy atom.